The Bertz CT molecular complexity index is 831. The van der Waals surface area contributed by atoms with Crippen LogP contribution in [0.1, 0.15) is 37.1 Å². The van der Waals surface area contributed by atoms with E-state index in [1.807, 2.05) is 0 Å². The van der Waals surface area contributed by atoms with Gasteiger partial charge in [0, 0.05) is 22.2 Å². The van der Waals surface area contributed by atoms with Crippen LogP contribution in [0.2, 0.25) is 0 Å². The van der Waals surface area contributed by atoms with Crippen LogP contribution in [0.25, 0.3) is 0 Å². The van der Waals surface area contributed by atoms with E-state index in [4.69, 9.17) is 11.5 Å². The van der Waals surface area contributed by atoms with Crippen LogP contribution >= 0.6 is 22.7 Å². The molecule has 0 atom stereocenters. The van der Waals surface area contributed by atoms with E-state index in [0.29, 0.717) is 47.3 Å². The first-order chi connectivity index (χ1) is 13.5. The van der Waals surface area contributed by atoms with Crippen LogP contribution in [0.4, 0.5) is 10.3 Å². The van der Waals surface area contributed by atoms with Crippen LogP contribution in [0, 0.1) is 0 Å². The third-order valence-electron chi connectivity index (χ3n) is 3.90. The van der Waals surface area contributed by atoms with Gasteiger partial charge in [0.1, 0.15) is 0 Å². The van der Waals surface area contributed by atoms with Gasteiger partial charge < -0.3 is 11.5 Å². The highest BCUT2D eigenvalue weighted by Crippen LogP contribution is 2.14. The van der Waals surface area contributed by atoms with Crippen molar-refractivity contribution >= 4 is 56.2 Å². The lowest BCUT2D eigenvalue weighted by atomic mass is 9.97. The Morgan fingerprint density at radius 3 is 1.57 bits per heavy atom. The molecule has 6 N–H and O–H groups in total. The van der Waals surface area contributed by atoms with Gasteiger partial charge in [0.05, 0.1) is 24.2 Å². The maximum absolute atomic E-state index is 11.9. The Morgan fingerprint density at radius 2 is 1.25 bits per heavy atom. The third-order valence-corrected chi connectivity index (χ3v) is 5.35. The number of aromatic nitrogens is 2. The van der Waals surface area contributed by atoms with E-state index in [1.165, 1.54) is 22.7 Å². The number of thiazole rings is 2. The van der Waals surface area contributed by atoms with E-state index >= 15 is 0 Å². The fraction of sp³-hybridized carbons (Fsp3) is 0.375. The average Bonchev–Trinajstić information content (AvgIpc) is 3.27. The fourth-order valence-corrected chi connectivity index (χ4v) is 3.67. The van der Waals surface area contributed by atoms with Gasteiger partial charge in [-0.2, -0.15) is 10.2 Å². The van der Waals surface area contributed by atoms with E-state index in [1.54, 1.807) is 10.8 Å². The summed E-state index contributed by atoms with van der Waals surface area (Å²) in [4.78, 5) is 31.8. The number of amides is 2. The zero-order chi connectivity index (χ0) is 19.9. The molecule has 1 fully saturated rings. The van der Waals surface area contributed by atoms with Gasteiger partial charge in [-0.3, -0.25) is 9.59 Å². The lowest BCUT2D eigenvalue weighted by molar-refractivity contribution is -0.121. The van der Waals surface area contributed by atoms with E-state index in [9.17, 15) is 9.59 Å². The number of carbonyl (C=O) groups is 2. The van der Waals surface area contributed by atoms with E-state index in [2.05, 4.69) is 31.0 Å². The molecule has 2 heterocycles. The average molecular weight is 421 g/mol. The second kappa shape index (κ2) is 9.37. The number of hydrogen-bond donors (Lipinski definition) is 4. The number of nitrogens with one attached hydrogen (secondary N) is 2. The zero-order valence-corrected chi connectivity index (χ0v) is 16.6. The summed E-state index contributed by atoms with van der Waals surface area (Å²) in [5.74, 6) is -0.459. The smallest absolute Gasteiger partial charge is 0.246 e. The molecule has 0 spiro atoms. The Balaban J connectivity index is 1.39. The van der Waals surface area contributed by atoms with Gasteiger partial charge in [0.2, 0.25) is 11.8 Å². The summed E-state index contributed by atoms with van der Waals surface area (Å²) in [7, 11) is 0. The highest BCUT2D eigenvalue weighted by molar-refractivity contribution is 7.13. The summed E-state index contributed by atoms with van der Waals surface area (Å²) in [5, 5.41) is 12.7. The van der Waals surface area contributed by atoms with Crippen LogP contribution < -0.4 is 22.3 Å². The molecule has 1 saturated carbocycles. The summed E-state index contributed by atoms with van der Waals surface area (Å²) < 4.78 is 0. The second-order valence-electron chi connectivity index (χ2n) is 6.13. The summed E-state index contributed by atoms with van der Waals surface area (Å²) in [6.45, 7) is 0. The van der Waals surface area contributed by atoms with E-state index in [0.717, 1.165) is 11.4 Å². The SMILES string of the molecule is Nc1nc(CC(=O)NN=C2CCC(=NNC(=O)Cc3csc(N)n3)CC2)cs1. The molecule has 0 unspecified atom stereocenters. The maximum atomic E-state index is 11.9. The Labute approximate surface area is 169 Å². The van der Waals surface area contributed by atoms with Gasteiger partial charge >= 0.3 is 0 Å². The predicted molar refractivity (Wildman–Crippen MR) is 110 cm³/mol. The number of hydrazone groups is 2. The molecule has 0 aromatic carbocycles. The minimum atomic E-state index is -0.229. The summed E-state index contributed by atoms with van der Waals surface area (Å²) in [6.07, 6.45) is 3.02. The first kappa shape index (κ1) is 19.9. The minimum Gasteiger partial charge on any atom is -0.375 e. The zero-order valence-electron chi connectivity index (χ0n) is 15.0. The molecular formula is C16H20N8O2S2. The van der Waals surface area contributed by atoms with Gasteiger partial charge in [-0.25, -0.2) is 20.8 Å². The third kappa shape index (κ3) is 6.09. The molecule has 12 heteroatoms. The highest BCUT2D eigenvalue weighted by atomic mass is 32.1. The van der Waals surface area contributed by atoms with Gasteiger partial charge in [0.25, 0.3) is 0 Å². The van der Waals surface area contributed by atoms with Crippen molar-refractivity contribution in [2.75, 3.05) is 11.5 Å². The lowest BCUT2D eigenvalue weighted by Crippen LogP contribution is -2.25. The summed E-state index contributed by atoms with van der Waals surface area (Å²) >= 11 is 2.60. The molecule has 2 aromatic rings. The number of nitrogen functional groups attached to an aromatic ring is 2. The van der Waals surface area contributed by atoms with Gasteiger partial charge in [-0.05, 0) is 25.7 Å². The molecule has 0 radical (unpaired) electrons. The van der Waals surface area contributed by atoms with Crippen molar-refractivity contribution in [2.24, 2.45) is 10.2 Å². The number of carbonyl (C=O) groups excluding carboxylic acids is 2. The molecule has 28 heavy (non-hydrogen) atoms. The standard InChI is InChI=1S/C16H20N8O2S2/c17-15-19-11(7-27-15)5-13(25)23-21-9-1-2-10(4-3-9)22-24-14(26)6-12-8-28-16(18)20-12/h7-8H,1-6H2,(H2,17,19)(H2,18,20)(H,23,25)(H,24,26). The highest BCUT2D eigenvalue weighted by Gasteiger charge is 2.15. The van der Waals surface area contributed by atoms with Crippen molar-refractivity contribution in [3.63, 3.8) is 0 Å². The van der Waals surface area contributed by atoms with Crippen molar-refractivity contribution in [3.8, 4) is 0 Å². The number of hydrogen-bond acceptors (Lipinski definition) is 10. The topological polar surface area (TPSA) is 161 Å². The van der Waals surface area contributed by atoms with Crippen molar-refractivity contribution in [1.29, 1.82) is 0 Å². The Hall–Kier alpha value is -2.86. The van der Waals surface area contributed by atoms with Crippen molar-refractivity contribution in [3.05, 3.63) is 22.1 Å². The van der Waals surface area contributed by atoms with Gasteiger partial charge in [-0.1, -0.05) is 0 Å². The van der Waals surface area contributed by atoms with E-state index < -0.39 is 0 Å². The van der Waals surface area contributed by atoms with Crippen molar-refractivity contribution < 1.29 is 9.59 Å². The normalized spacial score (nSPS) is 13.9. The van der Waals surface area contributed by atoms with Crippen molar-refractivity contribution in [1.82, 2.24) is 20.8 Å². The predicted octanol–water partition coefficient (Wildman–Crippen LogP) is 1.07. The molecular weight excluding hydrogens is 400 g/mol. The van der Waals surface area contributed by atoms with Crippen LogP contribution in [-0.2, 0) is 22.4 Å². The molecule has 10 nitrogen and oxygen atoms in total. The Kier molecular flexibility index (Phi) is 6.66. The van der Waals surface area contributed by atoms with E-state index in [-0.39, 0.29) is 24.7 Å². The van der Waals surface area contributed by atoms with Gasteiger partial charge in [0.15, 0.2) is 10.3 Å². The molecule has 1 aliphatic carbocycles. The number of rotatable bonds is 6. The summed E-state index contributed by atoms with van der Waals surface area (Å²) in [6, 6.07) is 0. The quantitative estimate of drug-likeness (QED) is 0.511. The Morgan fingerprint density at radius 1 is 0.857 bits per heavy atom. The van der Waals surface area contributed by atoms with Crippen molar-refractivity contribution in [2.45, 2.75) is 38.5 Å². The van der Waals surface area contributed by atoms with Crippen LogP contribution in [0.15, 0.2) is 21.0 Å². The monoisotopic (exact) mass is 420 g/mol. The largest absolute Gasteiger partial charge is 0.375 e. The summed E-state index contributed by atoms with van der Waals surface area (Å²) in [5.41, 5.74) is 19.3. The molecule has 0 bridgehead atoms. The number of nitrogens with two attached hydrogens (primary N) is 2. The van der Waals surface area contributed by atoms with Crippen LogP contribution in [0.5, 0.6) is 0 Å². The maximum Gasteiger partial charge on any atom is 0.246 e. The fourth-order valence-electron chi connectivity index (χ4n) is 2.55. The molecule has 0 saturated heterocycles. The second-order valence-corrected chi connectivity index (χ2v) is 7.91. The van der Waals surface area contributed by atoms with Crippen LogP contribution in [0.3, 0.4) is 0 Å². The molecule has 0 aliphatic heterocycles. The van der Waals surface area contributed by atoms with Crippen LogP contribution in [-0.4, -0.2) is 33.2 Å². The minimum absolute atomic E-state index is 0.147. The molecule has 148 valence electrons. The first-order valence-corrected chi connectivity index (χ1v) is 10.3. The number of nitrogens with zero attached hydrogens (tertiary/aromatic N) is 4. The molecule has 1 aliphatic rings. The lowest BCUT2D eigenvalue weighted by Gasteiger charge is -2.15. The molecule has 2 aromatic heterocycles. The van der Waals surface area contributed by atoms with Gasteiger partial charge in [-0.15, -0.1) is 22.7 Å². The first-order valence-electron chi connectivity index (χ1n) is 8.56. The molecule has 3 rings (SSSR count). The number of anilines is 2. The molecule has 2 amide bonds.